The largest absolute Gasteiger partial charge is 0.476 e. The monoisotopic (exact) mass is 266 g/mol. The third kappa shape index (κ3) is 3.04. The summed E-state index contributed by atoms with van der Waals surface area (Å²) in [6, 6.07) is 6.57. The first-order valence-electron chi connectivity index (χ1n) is 5.33. The highest BCUT2D eigenvalue weighted by Crippen LogP contribution is 2.15. The molecule has 2 N–H and O–H groups in total. The van der Waals surface area contributed by atoms with Crippen LogP contribution in [0.2, 0.25) is 0 Å². The Balaban J connectivity index is 1.88. The second kappa shape index (κ2) is 5.59. The van der Waals surface area contributed by atoms with Gasteiger partial charge in [0.25, 0.3) is 0 Å². The minimum Gasteiger partial charge on any atom is -0.476 e. The number of benzene rings is 1. The van der Waals surface area contributed by atoms with Gasteiger partial charge in [-0.25, -0.2) is 14.2 Å². The van der Waals surface area contributed by atoms with E-state index in [9.17, 15) is 9.18 Å². The molecule has 0 spiro atoms. The Morgan fingerprint density at radius 3 is 2.89 bits per heavy atom. The number of nitrogens with one attached hydrogen (secondary N) is 1. The van der Waals surface area contributed by atoms with Crippen molar-refractivity contribution in [3.05, 3.63) is 46.7 Å². The van der Waals surface area contributed by atoms with Crippen LogP contribution in [0.25, 0.3) is 0 Å². The van der Waals surface area contributed by atoms with Crippen LogP contribution in [-0.4, -0.2) is 22.6 Å². The molecule has 6 heteroatoms. The molecule has 0 atom stereocenters. The van der Waals surface area contributed by atoms with Crippen molar-refractivity contribution < 1.29 is 14.3 Å². The molecule has 0 unspecified atom stereocenters. The summed E-state index contributed by atoms with van der Waals surface area (Å²) in [7, 11) is 0. The van der Waals surface area contributed by atoms with Crippen molar-refractivity contribution in [3.8, 4) is 0 Å². The summed E-state index contributed by atoms with van der Waals surface area (Å²) in [5.41, 5.74) is 0.647. The van der Waals surface area contributed by atoms with E-state index in [4.69, 9.17) is 5.11 Å². The van der Waals surface area contributed by atoms with Gasteiger partial charge in [0.15, 0.2) is 10.8 Å². The Labute approximate surface area is 107 Å². The number of thiazole rings is 1. The molecule has 1 heterocycles. The van der Waals surface area contributed by atoms with Crippen LogP contribution in [0.15, 0.2) is 29.6 Å². The molecule has 0 bridgehead atoms. The van der Waals surface area contributed by atoms with E-state index < -0.39 is 5.97 Å². The number of carboxylic acids is 1. The number of rotatable bonds is 5. The highest BCUT2D eigenvalue weighted by atomic mass is 32.1. The van der Waals surface area contributed by atoms with Gasteiger partial charge in [-0.2, -0.15) is 0 Å². The number of halogens is 1. The number of hydrogen-bond donors (Lipinski definition) is 2. The fourth-order valence-electron chi connectivity index (χ4n) is 1.46. The second-order valence-corrected chi connectivity index (χ2v) is 4.47. The minimum absolute atomic E-state index is 0.0217. The molecule has 1 aromatic carbocycles. The van der Waals surface area contributed by atoms with Crippen molar-refractivity contribution in [2.75, 3.05) is 11.9 Å². The van der Waals surface area contributed by atoms with Gasteiger partial charge in [0, 0.05) is 11.9 Å². The zero-order valence-electron chi connectivity index (χ0n) is 9.39. The molecule has 94 valence electrons. The predicted molar refractivity (Wildman–Crippen MR) is 67.7 cm³/mol. The van der Waals surface area contributed by atoms with Crippen LogP contribution < -0.4 is 5.32 Å². The first-order chi connectivity index (χ1) is 8.66. The fraction of sp³-hybridized carbons (Fsp3) is 0.167. The van der Waals surface area contributed by atoms with Crippen molar-refractivity contribution in [3.63, 3.8) is 0 Å². The second-order valence-electron chi connectivity index (χ2n) is 3.61. The summed E-state index contributed by atoms with van der Waals surface area (Å²) in [6.45, 7) is 0.507. The lowest BCUT2D eigenvalue weighted by Crippen LogP contribution is -2.06. The Bertz CT molecular complexity index is 557. The van der Waals surface area contributed by atoms with Crippen LogP contribution in [-0.2, 0) is 6.42 Å². The van der Waals surface area contributed by atoms with Gasteiger partial charge in [0.2, 0.25) is 0 Å². The first kappa shape index (κ1) is 12.5. The van der Waals surface area contributed by atoms with Gasteiger partial charge in [-0.05, 0) is 18.1 Å². The van der Waals surface area contributed by atoms with Gasteiger partial charge < -0.3 is 10.4 Å². The van der Waals surface area contributed by atoms with Crippen LogP contribution in [0.5, 0.6) is 0 Å². The normalized spacial score (nSPS) is 10.3. The lowest BCUT2D eigenvalue weighted by molar-refractivity contribution is 0.0691. The number of aromatic nitrogens is 1. The molecule has 0 aliphatic carbocycles. The first-order valence-corrected chi connectivity index (χ1v) is 6.21. The topological polar surface area (TPSA) is 62.2 Å². The Hall–Kier alpha value is -1.95. The summed E-state index contributed by atoms with van der Waals surface area (Å²) >= 11 is 1.22. The fourth-order valence-corrected chi connectivity index (χ4v) is 2.17. The molecule has 0 aliphatic heterocycles. The number of anilines is 1. The zero-order valence-corrected chi connectivity index (χ0v) is 10.2. The smallest absolute Gasteiger partial charge is 0.355 e. The highest BCUT2D eigenvalue weighted by Gasteiger charge is 2.08. The van der Waals surface area contributed by atoms with Gasteiger partial charge in [-0.3, -0.25) is 0 Å². The SMILES string of the molecule is O=C(O)c1csc(NCCc2ccccc2F)n1. The number of hydrogen-bond acceptors (Lipinski definition) is 4. The van der Waals surface area contributed by atoms with Crippen molar-refractivity contribution >= 4 is 22.4 Å². The average Bonchev–Trinajstić information content (AvgIpc) is 2.80. The van der Waals surface area contributed by atoms with E-state index in [1.807, 2.05) is 0 Å². The van der Waals surface area contributed by atoms with Gasteiger partial charge >= 0.3 is 5.97 Å². The molecule has 2 aromatic rings. The third-order valence-corrected chi connectivity index (χ3v) is 3.15. The van der Waals surface area contributed by atoms with E-state index in [-0.39, 0.29) is 11.5 Å². The van der Waals surface area contributed by atoms with Crippen molar-refractivity contribution in [2.45, 2.75) is 6.42 Å². The maximum Gasteiger partial charge on any atom is 0.355 e. The van der Waals surface area contributed by atoms with Crippen LogP contribution in [0.3, 0.4) is 0 Å². The van der Waals surface area contributed by atoms with Gasteiger partial charge in [0.1, 0.15) is 5.82 Å². The van der Waals surface area contributed by atoms with E-state index >= 15 is 0 Å². The maximum absolute atomic E-state index is 13.3. The molecule has 0 aliphatic rings. The third-order valence-electron chi connectivity index (χ3n) is 2.35. The summed E-state index contributed by atoms with van der Waals surface area (Å²) in [4.78, 5) is 14.5. The van der Waals surface area contributed by atoms with Crippen LogP contribution in [0, 0.1) is 5.82 Å². The molecular weight excluding hydrogens is 255 g/mol. The van der Waals surface area contributed by atoms with E-state index in [2.05, 4.69) is 10.3 Å². The summed E-state index contributed by atoms with van der Waals surface area (Å²) in [5, 5.41) is 13.7. The van der Waals surface area contributed by atoms with E-state index in [0.717, 1.165) is 0 Å². The van der Waals surface area contributed by atoms with Crippen LogP contribution in [0.4, 0.5) is 9.52 Å². The Kier molecular flexibility index (Phi) is 3.88. The maximum atomic E-state index is 13.3. The zero-order chi connectivity index (χ0) is 13.0. The highest BCUT2D eigenvalue weighted by molar-refractivity contribution is 7.13. The van der Waals surface area contributed by atoms with E-state index in [1.54, 1.807) is 18.2 Å². The number of carboxylic acid groups (broad SMARTS) is 1. The number of aromatic carboxylic acids is 1. The molecular formula is C12H11FN2O2S. The summed E-state index contributed by atoms with van der Waals surface area (Å²) in [6.07, 6.45) is 0.522. The molecule has 4 nitrogen and oxygen atoms in total. The van der Waals surface area contributed by atoms with Crippen molar-refractivity contribution in [2.24, 2.45) is 0 Å². The Morgan fingerprint density at radius 2 is 2.22 bits per heavy atom. The molecule has 1 aromatic heterocycles. The minimum atomic E-state index is -1.05. The predicted octanol–water partition coefficient (Wildman–Crippen LogP) is 2.64. The Morgan fingerprint density at radius 1 is 1.44 bits per heavy atom. The molecule has 18 heavy (non-hydrogen) atoms. The van der Waals surface area contributed by atoms with Crippen LogP contribution in [0.1, 0.15) is 16.1 Å². The van der Waals surface area contributed by atoms with E-state index in [0.29, 0.717) is 23.7 Å². The molecule has 0 saturated heterocycles. The summed E-state index contributed by atoms with van der Waals surface area (Å²) in [5.74, 6) is -1.28. The molecule has 0 fully saturated rings. The molecule has 0 radical (unpaired) electrons. The van der Waals surface area contributed by atoms with Crippen molar-refractivity contribution in [1.29, 1.82) is 0 Å². The summed E-state index contributed by atoms with van der Waals surface area (Å²) < 4.78 is 13.3. The van der Waals surface area contributed by atoms with E-state index in [1.165, 1.54) is 22.8 Å². The average molecular weight is 266 g/mol. The quantitative estimate of drug-likeness (QED) is 0.873. The van der Waals surface area contributed by atoms with Gasteiger partial charge in [-0.15, -0.1) is 11.3 Å². The lowest BCUT2D eigenvalue weighted by Gasteiger charge is -2.03. The van der Waals surface area contributed by atoms with Gasteiger partial charge in [0.05, 0.1) is 0 Å². The molecule has 0 amide bonds. The molecule has 2 rings (SSSR count). The van der Waals surface area contributed by atoms with Crippen LogP contribution >= 0.6 is 11.3 Å². The standard InChI is InChI=1S/C12H11FN2O2S/c13-9-4-2-1-3-8(9)5-6-14-12-15-10(7-18-12)11(16)17/h1-4,7H,5-6H2,(H,14,15)(H,16,17). The lowest BCUT2D eigenvalue weighted by atomic mass is 10.1. The van der Waals surface area contributed by atoms with Crippen molar-refractivity contribution in [1.82, 2.24) is 4.98 Å². The number of nitrogens with zero attached hydrogens (tertiary/aromatic N) is 1. The molecule has 0 saturated carbocycles. The number of carbonyl (C=O) groups is 1. The van der Waals surface area contributed by atoms with Gasteiger partial charge in [-0.1, -0.05) is 18.2 Å².